The smallest absolute Gasteiger partial charge is 0.150 e. The van der Waals surface area contributed by atoms with E-state index >= 15 is 0 Å². The van der Waals surface area contributed by atoms with Crippen LogP contribution < -0.4 is 11.1 Å². The molecule has 0 aliphatic carbocycles. The molecule has 1 aromatic heterocycles. The van der Waals surface area contributed by atoms with E-state index < -0.39 is 0 Å². The van der Waals surface area contributed by atoms with Gasteiger partial charge >= 0.3 is 0 Å². The van der Waals surface area contributed by atoms with Crippen LogP contribution in [-0.4, -0.2) is 9.97 Å². The van der Waals surface area contributed by atoms with E-state index in [1.807, 2.05) is 18.2 Å². The Morgan fingerprint density at radius 2 is 2.00 bits per heavy atom. The predicted octanol–water partition coefficient (Wildman–Crippen LogP) is 2.46. The van der Waals surface area contributed by atoms with Gasteiger partial charge in [0.2, 0.25) is 0 Å². The summed E-state index contributed by atoms with van der Waals surface area (Å²) >= 11 is 5.71. The molecule has 0 fully saturated rings. The van der Waals surface area contributed by atoms with Gasteiger partial charge in [-0.3, -0.25) is 4.98 Å². The second kappa shape index (κ2) is 4.14. The summed E-state index contributed by atoms with van der Waals surface area (Å²) in [6, 6.07) is 7.42. The molecule has 2 rings (SSSR count). The Morgan fingerprint density at radius 1 is 1.20 bits per heavy atom. The molecule has 4 nitrogen and oxygen atoms in total. The Kier molecular flexibility index (Phi) is 2.69. The van der Waals surface area contributed by atoms with Crippen molar-refractivity contribution in [1.82, 2.24) is 9.97 Å². The number of benzene rings is 1. The van der Waals surface area contributed by atoms with Crippen LogP contribution in [-0.2, 0) is 0 Å². The van der Waals surface area contributed by atoms with Gasteiger partial charge < -0.3 is 11.1 Å². The average molecular weight is 221 g/mol. The number of halogens is 1. The molecule has 0 bridgehead atoms. The van der Waals surface area contributed by atoms with Crippen LogP contribution in [0, 0.1) is 0 Å². The summed E-state index contributed by atoms with van der Waals surface area (Å²) in [7, 11) is 0. The van der Waals surface area contributed by atoms with Crippen molar-refractivity contribution in [3.05, 3.63) is 41.8 Å². The molecule has 0 saturated carbocycles. The highest BCUT2D eigenvalue weighted by atomic mass is 35.5. The van der Waals surface area contributed by atoms with Crippen LogP contribution in [0.5, 0.6) is 0 Å². The van der Waals surface area contributed by atoms with Crippen LogP contribution in [0.2, 0.25) is 5.15 Å². The maximum atomic E-state index is 5.76. The molecule has 3 N–H and O–H groups in total. The summed E-state index contributed by atoms with van der Waals surface area (Å²) in [6.07, 6.45) is 3.05. The van der Waals surface area contributed by atoms with Gasteiger partial charge in [-0.05, 0) is 12.1 Å². The number of aromatic nitrogens is 2. The van der Waals surface area contributed by atoms with Gasteiger partial charge in [0.15, 0.2) is 5.82 Å². The van der Waals surface area contributed by atoms with Crippen molar-refractivity contribution in [2.45, 2.75) is 0 Å². The molecular formula is C10H9ClN4. The molecule has 0 atom stereocenters. The highest BCUT2D eigenvalue weighted by Crippen LogP contribution is 2.21. The van der Waals surface area contributed by atoms with Crippen LogP contribution in [0.25, 0.3) is 0 Å². The van der Waals surface area contributed by atoms with E-state index in [1.165, 1.54) is 6.20 Å². The van der Waals surface area contributed by atoms with Gasteiger partial charge in [0.1, 0.15) is 5.15 Å². The SMILES string of the molecule is Nc1ccccc1Nc1cncc(Cl)n1. The average Bonchev–Trinajstić information content (AvgIpc) is 2.22. The third-order valence-corrected chi connectivity index (χ3v) is 2.01. The number of rotatable bonds is 2. The number of nitrogens with one attached hydrogen (secondary N) is 1. The van der Waals surface area contributed by atoms with Gasteiger partial charge in [-0.15, -0.1) is 0 Å². The summed E-state index contributed by atoms with van der Waals surface area (Å²) in [5.41, 5.74) is 7.20. The first-order chi connectivity index (χ1) is 7.25. The van der Waals surface area contributed by atoms with Gasteiger partial charge in [0.25, 0.3) is 0 Å². The van der Waals surface area contributed by atoms with E-state index in [4.69, 9.17) is 17.3 Å². The first kappa shape index (κ1) is 9.73. The molecule has 76 valence electrons. The fourth-order valence-electron chi connectivity index (χ4n) is 1.15. The second-order valence-corrected chi connectivity index (χ2v) is 3.33. The van der Waals surface area contributed by atoms with Crippen molar-refractivity contribution < 1.29 is 0 Å². The zero-order valence-corrected chi connectivity index (χ0v) is 8.57. The molecule has 2 aromatic rings. The topological polar surface area (TPSA) is 63.8 Å². The number of nitrogens with zero attached hydrogens (tertiary/aromatic N) is 2. The molecule has 0 aliphatic heterocycles. The number of hydrogen-bond acceptors (Lipinski definition) is 4. The second-order valence-electron chi connectivity index (χ2n) is 2.94. The Labute approximate surface area is 92.1 Å². The molecule has 1 heterocycles. The van der Waals surface area contributed by atoms with Crippen LogP contribution >= 0.6 is 11.6 Å². The lowest BCUT2D eigenvalue weighted by Crippen LogP contribution is -1.98. The van der Waals surface area contributed by atoms with E-state index in [-0.39, 0.29) is 0 Å². The lowest BCUT2D eigenvalue weighted by atomic mass is 10.3. The number of hydrogen-bond donors (Lipinski definition) is 2. The Morgan fingerprint density at radius 3 is 2.73 bits per heavy atom. The number of anilines is 3. The third-order valence-electron chi connectivity index (χ3n) is 1.83. The van der Waals surface area contributed by atoms with Gasteiger partial charge in [-0.1, -0.05) is 23.7 Å². The highest BCUT2D eigenvalue weighted by Gasteiger charge is 2.00. The van der Waals surface area contributed by atoms with Crippen molar-refractivity contribution >= 4 is 28.8 Å². The summed E-state index contributed by atoms with van der Waals surface area (Å²) in [5, 5.41) is 3.37. The van der Waals surface area contributed by atoms with Gasteiger partial charge in [0, 0.05) is 0 Å². The molecule has 15 heavy (non-hydrogen) atoms. The van der Waals surface area contributed by atoms with E-state index in [2.05, 4.69) is 15.3 Å². The highest BCUT2D eigenvalue weighted by molar-refractivity contribution is 6.29. The van der Waals surface area contributed by atoms with Gasteiger partial charge in [-0.25, -0.2) is 4.98 Å². The van der Waals surface area contributed by atoms with Crippen molar-refractivity contribution in [3.63, 3.8) is 0 Å². The lowest BCUT2D eigenvalue weighted by Gasteiger charge is -2.07. The minimum Gasteiger partial charge on any atom is -0.397 e. The summed E-state index contributed by atoms with van der Waals surface area (Å²) in [5.74, 6) is 0.570. The Bertz CT molecular complexity index is 472. The van der Waals surface area contributed by atoms with Crippen molar-refractivity contribution in [1.29, 1.82) is 0 Å². The minimum atomic E-state index is 0.342. The van der Waals surface area contributed by atoms with E-state index in [0.29, 0.717) is 16.7 Å². The van der Waals surface area contributed by atoms with Crippen molar-refractivity contribution in [2.24, 2.45) is 0 Å². The zero-order valence-electron chi connectivity index (χ0n) is 7.81. The van der Waals surface area contributed by atoms with Gasteiger partial charge in [-0.2, -0.15) is 0 Å². The van der Waals surface area contributed by atoms with Crippen LogP contribution in [0.3, 0.4) is 0 Å². The predicted molar refractivity (Wildman–Crippen MR) is 61.2 cm³/mol. The van der Waals surface area contributed by atoms with Crippen LogP contribution in [0.15, 0.2) is 36.7 Å². The third kappa shape index (κ3) is 2.35. The molecule has 0 spiro atoms. The molecule has 1 aromatic carbocycles. The number of para-hydroxylation sites is 2. The van der Waals surface area contributed by atoms with Gasteiger partial charge in [0.05, 0.1) is 23.8 Å². The van der Waals surface area contributed by atoms with Crippen LogP contribution in [0.1, 0.15) is 0 Å². The van der Waals surface area contributed by atoms with Crippen molar-refractivity contribution in [3.8, 4) is 0 Å². The summed E-state index contributed by atoms with van der Waals surface area (Å²) < 4.78 is 0. The molecule has 0 radical (unpaired) electrons. The molecule has 0 aliphatic rings. The fourth-order valence-corrected chi connectivity index (χ4v) is 1.30. The molecular weight excluding hydrogens is 212 g/mol. The minimum absolute atomic E-state index is 0.342. The quantitative estimate of drug-likeness (QED) is 0.764. The fraction of sp³-hybridized carbons (Fsp3) is 0. The molecule has 0 saturated heterocycles. The normalized spacial score (nSPS) is 9.93. The van der Waals surface area contributed by atoms with Crippen molar-refractivity contribution in [2.75, 3.05) is 11.1 Å². The maximum Gasteiger partial charge on any atom is 0.150 e. The van der Waals surface area contributed by atoms with E-state index in [9.17, 15) is 0 Å². The maximum absolute atomic E-state index is 5.76. The zero-order chi connectivity index (χ0) is 10.7. The Balaban J connectivity index is 2.26. The first-order valence-electron chi connectivity index (χ1n) is 4.35. The number of nitrogens with two attached hydrogens (primary N) is 1. The molecule has 0 unspecified atom stereocenters. The Hall–Kier alpha value is -1.81. The van der Waals surface area contributed by atoms with E-state index in [0.717, 1.165) is 5.69 Å². The summed E-state index contributed by atoms with van der Waals surface area (Å²) in [4.78, 5) is 7.96. The molecule has 0 amide bonds. The lowest BCUT2D eigenvalue weighted by molar-refractivity contribution is 1.20. The molecule has 5 heteroatoms. The van der Waals surface area contributed by atoms with E-state index in [1.54, 1.807) is 12.3 Å². The summed E-state index contributed by atoms with van der Waals surface area (Å²) in [6.45, 7) is 0. The number of nitrogen functional groups attached to an aromatic ring is 1. The first-order valence-corrected chi connectivity index (χ1v) is 4.72. The monoisotopic (exact) mass is 220 g/mol. The standard InChI is InChI=1S/C10H9ClN4/c11-9-5-13-6-10(15-9)14-8-4-2-1-3-7(8)12/h1-6H,12H2,(H,14,15). The van der Waals surface area contributed by atoms with Crippen LogP contribution in [0.4, 0.5) is 17.2 Å². The largest absolute Gasteiger partial charge is 0.397 e.